The first-order valence-corrected chi connectivity index (χ1v) is 6.31. The monoisotopic (exact) mass is 241 g/mol. The molecule has 0 aromatic carbocycles. The highest BCUT2D eigenvalue weighted by atomic mass is 32.1. The summed E-state index contributed by atoms with van der Waals surface area (Å²) in [5, 5.41) is 3.82. The zero-order valence-electron chi connectivity index (χ0n) is 9.82. The van der Waals surface area contributed by atoms with E-state index in [1.807, 2.05) is 13.1 Å². The molecular weight excluding hydrogens is 222 g/mol. The van der Waals surface area contributed by atoms with Crippen molar-refractivity contribution in [2.75, 3.05) is 6.54 Å². The van der Waals surface area contributed by atoms with Crippen LogP contribution in [0.15, 0.2) is 6.20 Å². The van der Waals surface area contributed by atoms with Crippen molar-refractivity contribution in [3.8, 4) is 0 Å². The van der Waals surface area contributed by atoms with Gasteiger partial charge in [-0.1, -0.05) is 6.92 Å². The molecule has 0 saturated heterocycles. The number of hydrogen-bond acceptors (Lipinski definition) is 4. The summed E-state index contributed by atoms with van der Waals surface area (Å²) in [6, 6.07) is 0. The van der Waals surface area contributed by atoms with Gasteiger partial charge in [0.05, 0.1) is 6.54 Å². The lowest BCUT2D eigenvalue weighted by Crippen LogP contribution is -2.23. The molecule has 0 aliphatic heterocycles. The van der Waals surface area contributed by atoms with Gasteiger partial charge in [0.2, 0.25) is 5.91 Å². The van der Waals surface area contributed by atoms with E-state index in [4.69, 9.17) is 5.73 Å². The van der Waals surface area contributed by atoms with Gasteiger partial charge >= 0.3 is 0 Å². The van der Waals surface area contributed by atoms with Crippen LogP contribution in [0.5, 0.6) is 0 Å². The number of rotatable bonds is 6. The highest BCUT2D eigenvalue weighted by molar-refractivity contribution is 7.11. The first-order chi connectivity index (χ1) is 7.61. The maximum atomic E-state index is 11.5. The second-order valence-electron chi connectivity index (χ2n) is 4.02. The van der Waals surface area contributed by atoms with Crippen molar-refractivity contribution < 1.29 is 4.79 Å². The van der Waals surface area contributed by atoms with Gasteiger partial charge in [-0.05, 0) is 25.8 Å². The Hall–Kier alpha value is -0.940. The van der Waals surface area contributed by atoms with Crippen LogP contribution in [0.25, 0.3) is 0 Å². The minimum Gasteiger partial charge on any atom is -0.350 e. The lowest BCUT2D eigenvalue weighted by atomic mass is 10.1. The Balaban J connectivity index is 2.20. The molecule has 0 bridgehead atoms. The molecule has 4 nitrogen and oxygen atoms in total. The number of nitrogens with two attached hydrogens (primary N) is 1. The molecule has 0 saturated carbocycles. The number of aryl methyl sites for hydroxylation is 1. The second-order valence-corrected chi connectivity index (χ2v) is 5.34. The molecule has 1 aromatic heterocycles. The van der Waals surface area contributed by atoms with Crippen LogP contribution < -0.4 is 11.1 Å². The maximum Gasteiger partial charge on any atom is 0.220 e. The first-order valence-electron chi connectivity index (χ1n) is 5.50. The number of amides is 1. The fourth-order valence-electron chi connectivity index (χ4n) is 1.24. The highest BCUT2D eigenvalue weighted by Gasteiger charge is 2.06. The van der Waals surface area contributed by atoms with Crippen LogP contribution >= 0.6 is 11.3 Å². The van der Waals surface area contributed by atoms with E-state index in [1.165, 1.54) is 4.88 Å². The zero-order valence-corrected chi connectivity index (χ0v) is 10.6. The number of hydrogen-bond donors (Lipinski definition) is 2. The Kier molecular flexibility index (Phi) is 5.42. The molecule has 1 heterocycles. The normalized spacial score (nSPS) is 12.4. The van der Waals surface area contributed by atoms with Crippen LogP contribution in [0.4, 0.5) is 0 Å². The third-order valence-electron chi connectivity index (χ3n) is 2.37. The summed E-state index contributed by atoms with van der Waals surface area (Å²) in [5.74, 6) is 0.487. The number of nitrogens with zero attached hydrogens (tertiary/aromatic N) is 1. The topological polar surface area (TPSA) is 68.0 Å². The molecule has 1 amide bonds. The molecule has 1 unspecified atom stereocenters. The molecule has 1 rings (SSSR count). The van der Waals surface area contributed by atoms with Gasteiger partial charge in [-0.25, -0.2) is 4.98 Å². The molecule has 0 aliphatic rings. The Morgan fingerprint density at radius 2 is 2.44 bits per heavy atom. The van der Waals surface area contributed by atoms with Gasteiger partial charge in [0, 0.05) is 17.5 Å². The summed E-state index contributed by atoms with van der Waals surface area (Å²) >= 11 is 1.61. The number of aromatic nitrogens is 1. The molecule has 0 radical (unpaired) electrons. The van der Waals surface area contributed by atoms with E-state index in [2.05, 4.69) is 17.2 Å². The van der Waals surface area contributed by atoms with Crippen molar-refractivity contribution >= 4 is 17.2 Å². The summed E-state index contributed by atoms with van der Waals surface area (Å²) < 4.78 is 0. The molecule has 16 heavy (non-hydrogen) atoms. The van der Waals surface area contributed by atoms with Gasteiger partial charge in [-0.2, -0.15) is 0 Å². The number of carbonyl (C=O) groups excluding carboxylic acids is 1. The van der Waals surface area contributed by atoms with E-state index in [-0.39, 0.29) is 5.91 Å². The first kappa shape index (κ1) is 13.1. The summed E-state index contributed by atoms with van der Waals surface area (Å²) in [6.07, 6.45) is 3.21. The highest BCUT2D eigenvalue weighted by Crippen LogP contribution is 2.10. The SMILES string of the molecule is Cc1cnc(CNC(=O)CCC(C)CN)s1. The van der Waals surface area contributed by atoms with Crippen molar-refractivity contribution in [2.24, 2.45) is 11.7 Å². The summed E-state index contributed by atoms with van der Waals surface area (Å²) in [6.45, 7) is 5.23. The molecule has 0 aliphatic carbocycles. The van der Waals surface area contributed by atoms with Gasteiger partial charge in [0.25, 0.3) is 0 Å². The molecule has 0 spiro atoms. The van der Waals surface area contributed by atoms with Crippen molar-refractivity contribution in [3.05, 3.63) is 16.1 Å². The smallest absolute Gasteiger partial charge is 0.220 e. The van der Waals surface area contributed by atoms with E-state index in [0.717, 1.165) is 11.4 Å². The number of thiazole rings is 1. The fraction of sp³-hybridized carbons (Fsp3) is 0.636. The minimum atomic E-state index is 0.0770. The predicted octanol–water partition coefficient (Wildman–Crippen LogP) is 1.44. The van der Waals surface area contributed by atoms with Crippen molar-refractivity contribution in [1.29, 1.82) is 0 Å². The molecular formula is C11H19N3OS. The Morgan fingerprint density at radius 1 is 1.69 bits per heavy atom. The van der Waals surface area contributed by atoms with Crippen molar-refractivity contribution in [1.82, 2.24) is 10.3 Å². The maximum absolute atomic E-state index is 11.5. The molecule has 1 atom stereocenters. The van der Waals surface area contributed by atoms with Crippen molar-refractivity contribution in [2.45, 2.75) is 33.2 Å². The average molecular weight is 241 g/mol. The molecule has 3 N–H and O–H groups in total. The quantitative estimate of drug-likeness (QED) is 0.792. The van der Waals surface area contributed by atoms with Crippen LogP contribution in [0.1, 0.15) is 29.7 Å². The Bertz CT molecular complexity index is 338. The molecule has 5 heteroatoms. The summed E-state index contributed by atoms with van der Waals surface area (Å²) in [7, 11) is 0. The molecule has 0 fully saturated rings. The molecule has 90 valence electrons. The van der Waals surface area contributed by atoms with Crippen LogP contribution in [0, 0.1) is 12.8 Å². The van der Waals surface area contributed by atoms with Crippen molar-refractivity contribution in [3.63, 3.8) is 0 Å². The lowest BCUT2D eigenvalue weighted by Gasteiger charge is -2.07. The second kappa shape index (κ2) is 6.60. The minimum absolute atomic E-state index is 0.0770. The number of carbonyl (C=O) groups is 1. The van der Waals surface area contributed by atoms with Gasteiger partial charge in [-0.3, -0.25) is 4.79 Å². The van der Waals surface area contributed by atoms with E-state index in [1.54, 1.807) is 11.3 Å². The number of nitrogens with one attached hydrogen (secondary N) is 1. The van der Waals surface area contributed by atoms with Gasteiger partial charge < -0.3 is 11.1 Å². The Morgan fingerprint density at radius 3 is 3.00 bits per heavy atom. The van der Waals surface area contributed by atoms with Crippen LogP contribution in [0.3, 0.4) is 0 Å². The Labute approximate surface area is 100 Å². The van der Waals surface area contributed by atoms with Crippen LogP contribution in [-0.2, 0) is 11.3 Å². The van der Waals surface area contributed by atoms with Crippen LogP contribution in [0.2, 0.25) is 0 Å². The predicted molar refractivity (Wildman–Crippen MR) is 66.2 cm³/mol. The van der Waals surface area contributed by atoms with Gasteiger partial charge in [-0.15, -0.1) is 11.3 Å². The third-order valence-corrected chi connectivity index (χ3v) is 3.29. The van der Waals surface area contributed by atoms with E-state index >= 15 is 0 Å². The lowest BCUT2D eigenvalue weighted by molar-refractivity contribution is -0.121. The van der Waals surface area contributed by atoms with E-state index < -0.39 is 0 Å². The van der Waals surface area contributed by atoms with E-state index in [0.29, 0.717) is 25.4 Å². The fourth-order valence-corrected chi connectivity index (χ4v) is 1.97. The largest absolute Gasteiger partial charge is 0.350 e. The van der Waals surface area contributed by atoms with E-state index in [9.17, 15) is 4.79 Å². The summed E-state index contributed by atoms with van der Waals surface area (Å²) in [5.41, 5.74) is 5.49. The third kappa shape index (κ3) is 4.72. The zero-order chi connectivity index (χ0) is 12.0. The molecule has 1 aromatic rings. The average Bonchev–Trinajstić information content (AvgIpc) is 2.69. The van der Waals surface area contributed by atoms with Gasteiger partial charge in [0.15, 0.2) is 0 Å². The van der Waals surface area contributed by atoms with Gasteiger partial charge in [0.1, 0.15) is 5.01 Å². The summed E-state index contributed by atoms with van der Waals surface area (Å²) in [4.78, 5) is 16.8. The van der Waals surface area contributed by atoms with Crippen LogP contribution in [-0.4, -0.2) is 17.4 Å². The standard InChI is InChI=1S/C11H19N3OS/c1-8(5-12)3-4-10(15)13-7-11-14-6-9(2)16-11/h6,8H,3-5,7,12H2,1-2H3,(H,13,15).